The van der Waals surface area contributed by atoms with Crippen LogP contribution in [0.4, 0.5) is 5.69 Å². The van der Waals surface area contributed by atoms with Crippen LogP contribution in [0, 0.1) is 0 Å². The minimum Gasteiger partial charge on any atom is -0.485 e. The third-order valence-corrected chi connectivity index (χ3v) is 3.71. The van der Waals surface area contributed by atoms with Gasteiger partial charge in [0.25, 0.3) is 5.91 Å². The molecule has 1 aliphatic rings. The number of anilines is 1. The maximum absolute atomic E-state index is 12.3. The number of amides is 1. The largest absolute Gasteiger partial charge is 0.485 e. The van der Waals surface area contributed by atoms with E-state index in [2.05, 4.69) is 5.32 Å². The molecule has 1 unspecified atom stereocenters. The molecule has 1 heterocycles. The summed E-state index contributed by atoms with van der Waals surface area (Å²) in [4.78, 5) is 24.2. The van der Waals surface area contributed by atoms with Crippen LogP contribution in [0.15, 0.2) is 48.5 Å². The van der Waals surface area contributed by atoms with Crippen LogP contribution in [-0.2, 0) is 14.3 Å². The van der Waals surface area contributed by atoms with Crippen LogP contribution in [-0.4, -0.2) is 44.9 Å². The van der Waals surface area contributed by atoms with E-state index < -0.39 is 12.1 Å². The summed E-state index contributed by atoms with van der Waals surface area (Å²) in [5.74, 6) is 0.386. The van der Waals surface area contributed by atoms with Gasteiger partial charge in [0.2, 0.25) is 6.10 Å². The smallest absolute Gasteiger partial charge is 0.338 e. The van der Waals surface area contributed by atoms with Crippen molar-refractivity contribution in [2.45, 2.75) is 6.10 Å². The Morgan fingerprint density at radius 3 is 2.54 bits per heavy atom. The molecule has 26 heavy (non-hydrogen) atoms. The van der Waals surface area contributed by atoms with Crippen molar-refractivity contribution in [3.05, 3.63) is 54.1 Å². The summed E-state index contributed by atoms with van der Waals surface area (Å²) >= 11 is 0. The van der Waals surface area contributed by atoms with E-state index in [1.54, 1.807) is 36.4 Å². The van der Waals surface area contributed by atoms with Gasteiger partial charge in [0, 0.05) is 12.8 Å². The first-order valence-electron chi connectivity index (χ1n) is 8.13. The van der Waals surface area contributed by atoms with Crippen LogP contribution in [0.25, 0.3) is 0 Å². The zero-order valence-corrected chi connectivity index (χ0v) is 14.3. The van der Waals surface area contributed by atoms with Crippen LogP contribution >= 0.6 is 0 Å². The average Bonchev–Trinajstić information content (AvgIpc) is 2.68. The highest BCUT2D eigenvalue weighted by molar-refractivity contribution is 5.95. The van der Waals surface area contributed by atoms with Gasteiger partial charge in [0.05, 0.1) is 12.2 Å². The second-order valence-corrected chi connectivity index (χ2v) is 5.56. The van der Waals surface area contributed by atoms with Gasteiger partial charge in [-0.25, -0.2) is 4.79 Å². The van der Waals surface area contributed by atoms with Gasteiger partial charge in [-0.15, -0.1) is 0 Å². The Bertz CT molecular complexity index is 774. The zero-order chi connectivity index (χ0) is 18.4. The Balaban J connectivity index is 1.56. The molecule has 1 aliphatic heterocycles. The molecule has 7 nitrogen and oxygen atoms in total. The van der Waals surface area contributed by atoms with E-state index in [-0.39, 0.29) is 19.1 Å². The number of para-hydroxylation sites is 2. The lowest BCUT2D eigenvalue weighted by molar-refractivity contribution is -0.125. The molecule has 0 saturated carbocycles. The van der Waals surface area contributed by atoms with Gasteiger partial charge in [-0.05, 0) is 36.4 Å². The predicted molar refractivity (Wildman–Crippen MR) is 93.6 cm³/mol. The standard InChI is InChI=1S/C19H19NO6/c1-23-10-11-24-19(22)13-6-8-14(9-7-13)20-18(21)17-12-25-15-4-2-3-5-16(15)26-17/h2-9,17H,10-12H2,1H3,(H,20,21). The number of ether oxygens (including phenoxy) is 4. The van der Waals surface area contributed by atoms with Crippen molar-refractivity contribution in [3.63, 3.8) is 0 Å². The number of carbonyl (C=O) groups excluding carboxylic acids is 2. The second kappa shape index (κ2) is 8.35. The lowest BCUT2D eigenvalue weighted by atomic mass is 10.2. The van der Waals surface area contributed by atoms with E-state index in [4.69, 9.17) is 18.9 Å². The lowest BCUT2D eigenvalue weighted by Crippen LogP contribution is -2.40. The topological polar surface area (TPSA) is 83.1 Å². The maximum atomic E-state index is 12.3. The molecule has 1 amide bonds. The van der Waals surface area contributed by atoms with Crippen LogP contribution in [0.2, 0.25) is 0 Å². The van der Waals surface area contributed by atoms with Gasteiger partial charge in [0.1, 0.15) is 13.2 Å². The van der Waals surface area contributed by atoms with Crippen LogP contribution in [0.1, 0.15) is 10.4 Å². The molecule has 1 N–H and O–H groups in total. The van der Waals surface area contributed by atoms with Crippen molar-refractivity contribution < 1.29 is 28.5 Å². The minimum absolute atomic E-state index is 0.132. The molecule has 0 bridgehead atoms. The van der Waals surface area contributed by atoms with Crippen molar-refractivity contribution in [1.29, 1.82) is 0 Å². The predicted octanol–water partition coefficient (Wildman–Crippen LogP) is 2.27. The van der Waals surface area contributed by atoms with Gasteiger partial charge in [-0.1, -0.05) is 12.1 Å². The van der Waals surface area contributed by atoms with Crippen LogP contribution < -0.4 is 14.8 Å². The van der Waals surface area contributed by atoms with Crippen LogP contribution in [0.3, 0.4) is 0 Å². The number of methoxy groups -OCH3 is 1. The number of fused-ring (bicyclic) bond motifs is 1. The first-order valence-corrected chi connectivity index (χ1v) is 8.13. The van der Waals surface area contributed by atoms with Gasteiger partial charge >= 0.3 is 5.97 Å². The first-order chi connectivity index (χ1) is 12.7. The summed E-state index contributed by atoms with van der Waals surface area (Å²) in [5, 5.41) is 2.74. The molecule has 3 rings (SSSR count). The van der Waals surface area contributed by atoms with Crippen molar-refractivity contribution >= 4 is 17.6 Å². The fourth-order valence-electron chi connectivity index (χ4n) is 2.36. The number of esters is 1. The summed E-state index contributed by atoms with van der Waals surface area (Å²) in [6.45, 7) is 0.660. The molecular weight excluding hydrogens is 338 g/mol. The Labute approximate surface area is 150 Å². The van der Waals surface area contributed by atoms with E-state index in [0.717, 1.165) is 0 Å². The molecule has 0 radical (unpaired) electrons. The Morgan fingerprint density at radius 2 is 1.81 bits per heavy atom. The molecule has 7 heteroatoms. The van der Waals surface area contributed by atoms with Gasteiger partial charge < -0.3 is 24.3 Å². The molecule has 0 fully saturated rings. The third-order valence-electron chi connectivity index (χ3n) is 3.71. The Morgan fingerprint density at radius 1 is 1.08 bits per heavy atom. The minimum atomic E-state index is -0.747. The SMILES string of the molecule is COCCOC(=O)c1ccc(NC(=O)C2COc3ccccc3O2)cc1. The molecule has 2 aromatic carbocycles. The highest BCUT2D eigenvalue weighted by atomic mass is 16.6. The van der Waals surface area contributed by atoms with Crippen molar-refractivity contribution in [3.8, 4) is 11.5 Å². The molecule has 0 aliphatic carbocycles. The van der Waals surface area contributed by atoms with E-state index in [1.165, 1.54) is 7.11 Å². The highest BCUT2D eigenvalue weighted by Crippen LogP contribution is 2.31. The molecule has 2 aromatic rings. The Hall–Kier alpha value is -3.06. The molecule has 1 atom stereocenters. The molecule has 0 spiro atoms. The van der Waals surface area contributed by atoms with Crippen LogP contribution in [0.5, 0.6) is 11.5 Å². The van der Waals surface area contributed by atoms with E-state index in [0.29, 0.717) is 29.4 Å². The molecule has 0 saturated heterocycles. The van der Waals surface area contributed by atoms with E-state index in [1.807, 2.05) is 12.1 Å². The number of rotatable bonds is 6. The average molecular weight is 357 g/mol. The summed E-state index contributed by atoms with van der Waals surface area (Å²) in [7, 11) is 1.53. The Kier molecular flexibility index (Phi) is 5.70. The number of benzene rings is 2. The molecule has 136 valence electrons. The first kappa shape index (κ1) is 17.8. The lowest BCUT2D eigenvalue weighted by Gasteiger charge is -2.25. The highest BCUT2D eigenvalue weighted by Gasteiger charge is 2.27. The summed E-state index contributed by atoms with van der Waals surface area (Å²) in [6, 6.07) is 13.6. The van der Waals surface area contributed by atoms with Crippen molar-refractivity contribution in [1.82, 2.24) is 0 Å². The summed E-state index contributed by atoms with van der Waals surface area (Å²) in [6.07, 6.45) is -0.747. The number of hydrogen-bond donors (Lipinski definition) is 1. The van der Waals surface area contributed by atoms with E-state index in [9.17, 15) is 9.59 Å². The zero-order valence-electron chi connectivity index (χ0n) is 14.3. The summed E-state index contributed by atoms with van der Waals surface area (Å²) < 4.78 is 21.0. The maximum Gasteiger partial charge on any atom is 0.338 e. The second-order valence-electron chi connectivity index (χ2n) is 5.56. The van der Waals surface area contributed by atoms with Crippen molar-refractivity contribution in [2.75, 3.05) is 32.2 Å². The normalized spacial score (nSPS) is 15.2. The van der Waals surface area contributed by atoms with Crippen molar-refractivity contribution in [2.24, 2.45) is 0 Å². The fourth-order valence-corrected chi connectivity index (χ4v) is 2.36. The summed E-state index contributed by atoms with van der Waals surface area (Å²) in [5.41, 5.74) is 0.941. The fraction of sp³-hybridized carbons (Fsp3) is 0.263. The van der Waals surface area contributed by atoms with Gasteiger partial charge in [-0.2, -0.15) is 0 Å². The molecule has 0 aromatic heterocycles. The number of carbonyl (C=O) groups is 2. The third kappa shape index (κ3) is 4.31. The van der Waals surface area contributed by atoms with Gasteiger partial charge in [0.15, 0.2) is 11.5 Å². The monoisotopic (exact) mass is 357 g/mol. The van der Waals surface area contributed by atoms with Gasteiger partial charge in [-0.3, -0.25) is 4.79 Å². The number of nitrogens with one attached hydrogen (secondary N) is 1. The van der Waals surface area contributed by atoms with E-state index >= 15 is 0 Å². The quantitative estimate of drug-likeness (QED) is 0.631. The molecular formula is C19H19NO6. The number of hydrogen-bond acceptors (Lipinski definition) is 6.